The predicted molar refractivity (Wildman–Crippen MR) is 52.4 cm³/mol. The van der Waals surface area contributed by atoms with Crippen molar-refractivity contribution in [3.8, 4) is 0 Å². The van der Waals surface area contributed by atoms with Crippen LogP contribution in [0, 0.1) is 0 Å². The summed E-state index contributed by atoms with van der Waals surface area (Å²) in [5.41, 5.74) is 0.117. The van der Waals surface area contributed by atoms with Crippen molar-refractivity contribution < 1.29 is 0 Å². The first kappa shape index (κ1) is 10.7. The van der Waals surface area contributed by atoms with Crippen molar-refractivity contribution in [3.63, 3.8) is 0 Å². The van der Waals surface area contributed by atoms with Crippen molar-refractivity contribution in [2.24, 2.45) is 4.99 Å². The maximum Gasteiger partial charge on any atom is 0.0520 e. The second kappa shape index (κ2) is 5.34. The minimum atomic E-state index is 0.117. The fraction of sp³-hybridized carbons (Fsp3) is 0.900. The van der Waals surface area contributed by atoms with E-state index in [0.717, 1.165) is 6.42 Å². The van der Waals surface area contributed by atoms with Crippen LogP contribution >= 0.6 is 0 Å². The highest BCUT2D eigenvalue weighted by atomic mass is 14.8. The van der Waals surface area contributed by atoms with Crippen LogP contribution < -0.4 is 0 Å². The number of unbranched alkanes of at least 4 members (excludes halogenated alkanes) is 3. The van der Waals surface area contributed by atoms with E-state index in [1.54, 1.807) is 0 Å². The van der Waals surface area contributed by atoms with E-state index in [-0.39, 0.29) is 5.54 Å². The van der Waals surface area contributed by atoms with E-state index in [1.165, 1.54) is 19.3 Å². The number of hydrogen-bond donors (Lipinski definition) is 0. The molecule has 0 fully saturated rings. The van der Waals surface area contributed by atoms with Crippen LogP contribution in [0.2, 0.25) is 0 Å². The first-order chi connectivity index (χ1) is 5.06. The van der Waals surface area contributed by atoms with Crippen molar-refractivity contribution in [2.75, 3.05) is 0 Å². The molecule has 11 heavy (non-hydrogen) atoms. The standard InChI is InChI=1S/C10H21N/c1-5-6-7-8-9-11-10(2,3)4/h9H,5-8H2,1-4H3/b11-9+. The summed E-state index contributed by atoms with van der Waals surface area (Å²) in [6, 6.07) is 0. The van der Waals surface area contributed by atoms with Crippen LogP contribution in [-0.4, -0.2) is 11.8 Å². The minimum Gasteiger partial charge on any atom is -0.292 e. The molecule has 66 valence electrons. The zero-order chi connectivity index (χ0) is 8.74. The monoisotopic (exact) mass is 155 g/mol. The van der Waals surface area contributed by atoms with Gasteiger partial charge < -0.3 is 0 Å². The largest absolute Gasteiger partial charge is 0.292 e. The Morgan fingerprint density at radius 2 is 1.82 bits per heavy atom. The van der Waals surface area contributed by atoms with Gasteiger partial charge in [-0.3, -0.25) is 4.99 Å². The Balaban J connectivity index is 3.30. The molecule has 1 nitrogen and oxygen atoms in total. The maximum atomic E-state index is 4.40. The topological polar surface area (TPSA) is 12.4 Å². The fourth-order valence-electron chi connectivity index (χ4n) is 0.824. The Bertz CT molecular complexity index is 109. The summed E-state index contributed by atoms with van der Waals surface area (Å²) in [6.45, 7) is 8.61. The average Bonchev–Trinajstić information content (AvgIpc) is 1.85. The third-order valence-electron chi connectivity index (χ3n) is 1.42. The molecule has 0 bridgehead atoms. The lowest BCUT2D eigenvalue weighted by atomic mass is 10.1. The van der Waals surface area contributed by atoms with Gasteiger partial charge in [-0.15, -0.1) is 0 Å². The maximum absolute atomic E-state index is 4.40. The highest BCUT2D eigenvalue weighted by Crippen LogP contribution is 2.05. The van der Waals surface area contributed by atoms with Gasteiger partial charge in [-0.05, 0) is 39.8 Å². The van der Waals surface area contributed by atoms with Crippen molar-refractivity contribution in [3.05, 3.63) is 0 Å². The average molecular weight is 155 g/mol. The normalized spacial score (nSPS) is 12.7. The van der Waals surface area contributed by atoms with Crippen LogP contribution in [-0.2, 0) is 0 Å². The molecule has 1 heteroatoms. The molecule has 0 N–H and O–H groups in total. The second-order valence-corrected chi connectivity index (χ2v) is 3.98. The first-order valence-electron chi connectivity index (χ1n) is 4.60. The van der Waals surface area contributed by atoms with Crippen LogP contribution in [0.3, 0.4) is 0 Å². The molecule has 0 saturated heterocycles. The van der Waals surface area contributed by atoms with Gasteiger partial charge in [0.05, 0.1) is 5.54 Å². The first-order valence-corrected chi connectivity index (χ1v) is 4.60. The van der Waals surface area contributed by atoms with E-state index in [0.29, 0.717) is 0 Å². The summed E-state index contributed by atoms with van der Waals surface area (Å²) in [4.78, 5) is 4.40. The molecule has 0 heterocycles. The van der Waals surface area contributed by atoms with Gasteiger partial charge in [0.1, 0.15) is 0 Å². The van der Waals surface area contributed by atoms with Gasteiger partial charge in [-0.25, -0.2) is 0 Å². The van der Waals surface area contributed by atoms with E-state index in [9.17, 15) is 0 Å². The lowest BCUT2D eigenvalue weighted by Gasteiger charge is -2.10. The molecule has 0 rings (SSSR count). The summed E-state index contributed by atoms with van der Waals surface area (Å²) >= 11 is 0. The number of nitrogens with zero attached hydrogens (tertiary/aromatic N) is 1. The molecule has 0 aromatic heterocycles. The summed E-state index contributed by atoms with van der Waals surface area (Å²) in [7, 11) is 0. The lowest BCUT2D eigenvalue weighted by molar-refractivity contribution is 0.583. The SMILES string of the molecule is CCCCC/C=N/C(C)(C)C. The van der Waals surface area contributed by atoms with Gasteiger partial charge in [0.2, 0.25) is 0 Å². The molecule has 0 aliphatic carbocycles. The van der Waals surface area contributed by atoms with Crippen molar-refractivity contribution in [1.82, 2.24) is 0 Å². The Morgan fingerprint density at radius 1 is 1.18 bits per heavy atom. The molecule has 0 atom stereocenters. The zero-order valence-corrected chi connectivity index (χ0v) is 8.35. The van der Waals surface area contributed by atoms with E-state index >= 15 is 0 Å². The van der Waals surface area contributed by atoms with Crippen LogP contribution in [0.1, 0.15) is 53.4 Å². The second-order valence-electron chi connectivity index (χ2n) is 3.98. The van der Waals surface area contributed by atoms with Gasteiger partial charge >= 0.3 is 0 Å². The summed E-state index contributed by atoms with van der Waals surface area (Å²) < 4.78 is 0. The predicted octanol–water partition coefficient (Wildman–Crippen LogP) is 3.44. The van der Waals surface area contributed by atoms with Crippen molar-refractivity contribution in [2.45, 2.75) is 58.9 Å². The number of aliphatic imine (C=N–C) groups is 1. The Morgan fingerprint density at radius 3 is 2.27 bits per heavy atom. The van der Waals surface area contributed by atoms with Crippen molar-refractivity contribution in [1.29, 1.82) is 0 Å². The Labute approximate surface area is 70.9 Å². The molecule has 0 amide bonds. The quantitative estimate of drug-likeness (QED) is 0.435. The van der Waals surface area contributed by atoms with Crippen LogP contribution in [0.25, 0.3) is 0 Å². The Hall–Kier alpha value is -0.330. The summed E-state index contributed by atoms with van der Waals surface area (Å²) in [5, 5.41) is 0. The lowest BCUT2D eigenvalue weighted by Crippen LogP contribution is -2.09. The van der Waals surface area contributed by atoms with E-state index in [2.05, 4.69) is 38.9 Å². The molecule has 0 saturated carbocycles. The van der Waals surface area contributed by atoms with Gasteiger partial charge in [-0.1, -0.05) is 19.8 Å². The highest BCUT2D eigenvalue weighted by molar-refractivity contribution is 5.57. The summed E-state index contributed by atoms with van der Waals surface area (Å²) in [5.74, 6) is 0. The van der Waals surface area contributed by atoms with Crippen LogP contribution in [0.5, 0.6) is 0 Å². The molecular formula is C10H21N. The van der Waals surface area contributed by atoms with E-state index in [4.69, 9.17) is 0 Å². The van der Waals surface area contributed by atoms with Crippen LogP contribution in [0.15, 0.2) is 4.99 Å². The van der Waals surface area contributed by atoms with Gasteiger partial charge in [0.25, 0.3) is 0 Å². The van der Waals surface area contributed by atoms with E-state index in [1.807, 2.05) is 0 Å². The minimum absolute atomic E-state index is 0.117. The molecule has 0 aliphatic rings. The van der Waals surface area contributed by atoms with Crippen molar-refractivity contribution >= 4 is 6.21 Å². The molecule has 0 spiro atoms. The number of hydrogen-bond acceptors (Lipinski definition) is 1. The van der Waals surface area contributed by atoms with Gasteiger partial charge in [-0.2, -0.15) is 0 Å². The fourth-order valence-corrected chi connectivity index (χ4v) is 0.824. The molecular weight excluding hydrogens is 134 g/mol. The van der Waals surface area contributed by atoms with Crippen LogP contribution in [0.4, 0.5) is 0 Å². The molecule has 0 radical (unpaired) electrons. The Kier molecular flexibility index (Phi) is 5.18. The molecule has 0 aromatic rings. The number of rotatable bonds is 4. The molecule has 0 unspecified atom stereocenters. The highest BCUT2D eigenvalue weighted by Gasteiger charge is 2.03. The van der Waals surface area contributed by atoms with Gasteiger partial charge in [0, 0.05) is 0 Å². The smallest absolute Gasteiger partial charge is 0.0520 e. The third-order valence-corrected chi connectivity index (χ3v) is 1.42. The molecule has 0 aromatic carbocycles. The zero-order valence-electron chi connectivity index (χ0n) is 8.35. The van der Waals surface area contributed by atoms with E-state index < -0.39 is 0 Å². The van der Waals surface area contributed by atoms with Gasteiger partial charge in [0.15, 0.2) is 0 Å². The molecule has 0 aliphatic heterocycles. The summed E-state index contributed by atoms with van der Waals surface area (Å²) in [6.07, 6.45) is 7.12. The third kappa shape index (κ3) is 9.67.